The van der Waals surface area contributed by atoms with E-state index in [0.29, 0.717) is 5.88 Å². The van der Waals surface area contributed by atoms with E-state index in [1.807, 2.05) is 104 Å². The Hall–Kier alpha value is -4.97. The second-order valence-corrected chi connectivity index (χ2v) is 13.0. The zero-order valence-corrected chi connectivity index (χ0v) is 29.0. The molecule has 0 spiro atoms. The van der Waals surface area contributed by atoms with Gasteiger partial charge in [-0.25, -0.2) is 24.9 Å². The molecule has 0 amide bonds. The molecule has 7 rings (SSSR count). The molecule has 0 aliphatic carbocycles. The van der Waals surface area contributed by atoms with Crippen LogP contribution in [0.15, 0.2) is 118 Å². The molecule has 0 saturated heterocycles. The molecule has 0 aliphatic heterocycles. The second-order valence-electron chi connectivity index (χ2n) is 10.3. The fraction of sp³-hybridized carbons (Fsp3) is 0.0833. The molecule has 2 aromatic carbocycles. The predicted octanol–water partition coefficient (Wildman–Crippen LogP) is 10.3. The summed E-state index contributed by atoms with van der Waals surface area (Å²) in [5, 5.41) is 12.3. The van der Waals surface area contributed by atoms with Crippen LogP contribution < -0.4 is 15.4 Å². The topological polar surface area (TPSA) is 97.7 Å². The van der Waals surface area contributed by atoms with Crippen molar-refractivity contribution in [2.45, 2.75) is 13.8 Å². The van der Waals surface area contributed by atoms with Gasteiger partial charge in [-0.3, -0.25) is 0 Å². The Morgan fingerprint density at radius 3 is 1.53 bits per heavy atom. The summed E-state index contributed by atoms with van der Waals surface area (Å²) in [6, 6.07) is 32.1. The van der Waals surface area contributed by atoms with Crippen molar-refractivity contribution in [3.8, 4) is 39.5 Å². The van der Waals surface area contributed by atoms with Crippen molar-refractivity contribution in [3.63, 3.8) is 0 Å². The van der Waals surface area contributed by atoms with Crippen molar-refractivity contribution in [2.75, 3.05) is 17.7 Å². The molecule has 5 heterocycles. The van der Waals surface area contributed by atoms with Crippen molar-refractivity contribution in [1.82, 2.24) is 24.9 Å². The summed E-state index contributed by atoms with van der Waals surface area (Å²) in [6.45, 7) is 3.94. The first kappa shape index (κ1) is 32.0. The van der Waals surface area contributed by atoms with E-state index in [4.69, 9.17) is 4.74 Å². The first-order chi connectivity index (χ1) is 22.9. The van der Waals surface area contributed by atoms with Gasteiger partial charge in [0.2, 0.25) is 5.88 Å². The number of aromatic nitrogens is 5. The van der Waals surface area contributed by atoms with Crippen LogP contribution in [0.3, 0.4) is 0 Å². The van der Waals surface area contributed by atoms with Crippen LogP contribution in [0, 0.1) is 13.8 Å². The maximum Gasteiger partial charge on any atom is 0.212 e. The van der Waals surface area contributed by atoms with Gasteiger partial charge in [0.25, 0.3) is 0 Å². The maximum absolute atomic E-state index is 5.10. The third kappa shape index (κ3) is 8.64. The quantitative estimate of drug-likeness (QED) is 0.160. The van der Waals surface area contributed by atoms with Crippen LogP contribution >= 0.6 is 38.6 Å². The molecule has 47 heavy (non-hydrogen) atoms. The smallest absolute Gasteiger partial charge is 0.212 e. The number of pyridine rings is 3. The number of aryl methyl sites for hydroxylation is 2. The zero-order chi connectivity index (χ0) is 32.6. The van der Waals surface area contributed by atoms with Crippen LogP contribution in [0.1, 0.15) is 11.4 Å². The number of benzene rings is 2. The highest BCUT2D eigenvalue weighted by molar-refractivity contribution is 9.10. The van der Waals surface area contributed by atoms with E-state index in [-0.39, 0.29) is 0 Å². The Bertz CT molecular complexity index is 2060. The predicted molar refractivity (Wildman–Crippen MR) is 197 cm³/mol. The lowest BCUT2D eigenvalue weighted by molar-refractivity contribution is 0.398. The van der Waals surface area contributed by atoms with Crippen molar-refractivity contribution in [1.29, 1.82) is 0 Å². The molecule has 2 N–H and O–H groups in total. The number of rotatable bonds is 8. The number of hydrogen-bond donors (Lipinski definition) is 2. The molecule has 11 heteroatoms. The van der Waals surface area contributed by atoms with Crippen molar-refractivity contribution >= 4 is 60.5 Å². The Kier molecular flexibility index (Phi) is 10.3. The molecule has 234 valence electrons. The van der Waals surface area contributed by atoms with Crippen LogP contribution in [-0.4, -0.2) is 32.0 Å². The molecule has 5 aromatic heterocycles. The molecule has 0 fully saturated rings. The van der Waals surface area contributed by atoms with Crippen molar-refractivity contribution < 1.29 is 4.74 Å². The maximum atomic E-state index is 5.10. The van der Waals surface area contributed by atoms with Gasteiger partial charge in [-0.2, -0.15) is 0 Å². The molecular weight excluding hydrogens is 690 g/mol. The summed E-state index contributed by atoms with van der Waals surface area (Å²) in [5.41, 5.74) is 8.20. The standard InChI is InChI=1S/C21H18N4OS.C15H12BrN3S/c1-14-4-3-5-19(23-14)25-21-24-18(13-27-21)16-8-6-15(7-9-16)17-10-11-20(26-2)22-12-17;1-10-3-2-4-14(17-10)19-15-18-13(9-20-15)11-5-7-12(16)8-6-11/h3-13H,1-2H3,(H,23,24,25);2-9H,1H3,(H,17,18,19). The Morgan fingerprint density at radius 1 is 0.574 bits per heavy atom. The van der Waals surface area contributed by atoms with Crippen molar-refractivity contribution in [3.05, 3.63) is 130 Å². The number of anilines is 4. The minimum absolute atomic E-state index is 0.612. The highest BCUT2D eigenvalue weighted by Gasteiger charge is 2.08. The van der Waals surface area contributed by atoms with Gasteiger partial charge < -0.3 is 15.4 Å². The number of nitrogens with one attached hydrogen (secondary N) is 2. The Labute approximate surface area is 289 Å². The molecule has 0 bridgehead atoms. The molecule has 0 aliphatic rings. The molecule has 7 aromatic rings. The number of hydrogen-bond acceptors (Lipinski definition) is 10. The van der Waals surface area contributed by atoms with Crippen LogP contribution in [-0.2, 0) is 0 Å². The lowest BCUT2D eigenvalue weighted by Gasteiger charge is -2.04. The van der Waals surface area contributed by atoms with E-state index in [2.05, 4.69) is 75.7 Å². The summed E-state index contributed by atoms with van der Waals surface area (Å²) in [4.78, 5) is 22.4. The number of nitrogens with zero attached hydrogens (tertiary/aromatic N) is 5. The van der Waals surface area contributed by atoms with E-state index < -0.39 is 0 Å². The minimum Gasteiger partial charge on any atom is -0.481 e. The lowest BCUT2D eigenvalue weighted by Crippen LogP contribution is -1.93. The van der Waals surface area contributed by atoms with Crippen molar-refractivity contribution in [2.24, 2.45) is 0 Å². The van der Waals surface area contributed by atoms with Crippen LogP contribution in [0.4, 0.5) is 21.9 Å². The molecule has 8 nitrogen and oxygen atoms in total. The average Bonchev–Trinajstić information content (AvgIpc) is 3.76. The zero-order valence-electron chi connectivity index (χ0n) is 25.8. The monoisotopic (exact) mass is 719 g/mol. The number of ether oxygens (including phenoxy) is 1. The molecule has 0 saturated carbocycles. The van der Waals surface area contributed by atoms with Gasteiger partial charge >= 0.3 is 0 Å². The summed E-state index contributed by atoms with van der Waals surface area (Å²) < 4.78 is 6.17. The second kappa shape index (κ2) is 15.1. The Morgan fingerprint density at radius 2 is 1.06 bits per heavy atom. The minimum atomic E-state index is 0.612. The summed E-state index contributed by atoms with van der Waals surface area (Å²) in [7, 11) is 1.61. The van der Waals surface area contributed by atoms with Gasteiger partial charge in [-0.1, -0.05) is 64.5 Å². The first-order valence-electron chi connectivity index (χ1n) is 14.6. The van der Waals surface area contributed by atoms with Crippen LogP contribution in [0.2, 0.25) is 0 Å². The van der Waals surface area contributed by atoms with Gasteiger partial charge in [0.15, 0.2) is 10.3 Å². The highest BCUT2D eigenvalue weighted by Crippen LogP contribution is 2.30. The number of thiazole rings is 2. The Balaban J connectivity index is 0.000000172. The van der Waals surface area contributed by atoms with E-state index >= 15 is 0 Å². The fourth-order valence-corrected chi connectivity index (χ4v) is 6.22. The average molecular weight is 721 g/mol. The number of halogens is 1. The van der Waals surface area contributed by atoms with Gasteiger partial charge in [0.05, 0.1) is 18.5 Å². The van der Waals surface area contributed by atoms with E-state index in [1.165, 1.54) is 0 Å². The van der Waals surface area contributed by atoms with E-state index in [1.54, 1.807) is 29.8 Å². The van der Waals surface area contributed by atoms with E-state index in [0.717, 1.165) is 71.4 Å². The summed E-state index contributed by atoms with van der Waals surface area (Å²) in [5.74, 6) is 2.24. The summed E-state index contributed by atoms with van der Waals surface area (Å²) >= 11 is 6.57. The fourth-order valence-electron chi connectivity index (χ4n) is 4.50. The molecule has 0 unspecified atom stereocenters. The van der Waals surface area contributed by atoms with Gasteiger partial charge in [-0.15, -0.1) is 22.7 Å². The number of methoxy groups -OCH3 is 1. The van der Waals surface area contributed by atoms with Gasteiger partial charge in [0.1, 0.15) is 11.6 Å². The molecular formula is C36H30BrN7OS2. The van der Waals surface area contributed by atoms with Gasteiger partial charge in [0, 0.05) is 55.6 Å². The SMILES string of the molecule is COc1ccc(-c2ccc(-c3csc(Nc4cccc(C)n4)n3)cc2)cn1.Cc1cccc(Nc2nc(-c3ccc(Br)cc3)cs2)n1. The van der Waals surface area contributed by atoms with Crippen LogP contribution in [0.25, 0.3) is 33.6 Å². The third-order valence-electron chi connectivity index (χ3n) is 6.85. The van der Waals surface area contributed by atoms with E-state index in [9.17, 15) is 0 Å². The summed E-state index contributed by atoms with van der Waals surface area (Å²) in [6.07, 6.45) is 1.81. The van der Waals surface area contributed by atoms with Gasteiger partial charge in [-0.05, 0) is 61.9 Å². The molecule has 0 atom stereocenters. The van der Waals surface area contributed by atoms with Crippen LogP contribution in [0.5, 0.6) is 5.88 Å². The highest BCUT2D eigenvalue weighted by atomic mass is 79.9. The third-order valence-corrected chi connectivity index (χ3v) is 8.90. The first-order valence-corrected chi connectivity index (χ1v) is 17.2. The molecule has 0 radical (unpaired) electrons. The lowest BCUT2D eigenvalue weighted by atomic mass is 10.0. The normalized spacial score (nSPS) is 10.6. The largest absolute Gasteiger partial charge is 0.481 e.